The normalized spacial score (nSPS) is 20.5. The summed E-state index contributed by atoms with van der Waals surface area (Å²) >= 11 is 0. The van der Waals surface area contributed by atoms with Crippen LogP contribution in [0.2, 0.25) is 0 Å². The molecule has 4 heterocycles. The SMILES string of the molecule is COc1cc(N2Cc3c(N[C@H](C)c4cccc(C(F)(F)F)c4F)ncnc3C3(CCN(C)C3)C2=O)ccn1. The number of halogens is 4. The number of carbonyl (C=O) groups is 1. The molecule has 5 rings (SSSR count). The molecule has 2 aromatic heterocycles. The summed E-state index contributed by atoms with van der Waals surface area (Å²) in [6, 6.07) is 5.70. The Balaban J connectivity index is 1.57. The third-order valence-corrected chi connectivity index (χ3v) is 7.22. The predicted octanol–water partition coefficient (Wildman–Crippen LogP) is 4.33. The maximum Gasteiger partial charge on any atom is 0.419 e. The summed E-state index contributed by atoms with van der Waals surface area (Å²) in [5, 5.41) is 3.09. The van der Waals surface area contributed by atoms with E-state index in [0.29, 0.717) is 54.2 Å². The first-order chi connectivity index (χ1) is 18.0. The zero-order valence-electron chi connectivity index (χ0n) is 21.0. The number of alkyl halides is 3. The number of likely N-dealkylation sites (tertiary alicyclic amines) is 1. The van der Waals surface area contributed by atoms with E-state index in [4.69, 9.17) is 4.74 Å². The molecular weight excluding hydrogens is 504 g/mol. The molecule has 1 aromatic carbocycles. The number of pyridine rings is 1. The van der Waals surface area contributed by atoms with E-state index in [9.17, 15) is 22.4 Å². The molecule has 0 radical (unpaired) electrons. The number of hydrogen-bond acceptors (Lipinski definition) is 7. The molecule has 1 unspecified atom stereocenters. The van der Waals surface area contributed by atoms with Gasteiger partial charge in [0.1, 0.15) is 23.4 Å². The molecule has 1 amide bonds. The van der Waals surface area contributed by atoms with Crippen molar-refractivity contribution in [2.75, 3.05) is 37.5 Å². The van der Waals surface area contributed by atoms with Gasteiger partial charge >= 0.3 is 6.18 Å². The molecule has 2 atom stereocenters. The summed E-state index contributed by atoms with van der Waals surface area (Å²) in [6.45, 7) is 2.78. The average Bonchev–Trinajstić information content (AvgIpc) is 3.28. The quantitative estimate of drug-likeness (QED) is 0.492. The fourth-order valence-corrected chi connectivity index (χ4v) is 5.33. The smallest absolute Gasteiger partial charge is 0.419 e. The maximum absolute atomic E-state index is 14.9. The van der Waals surface area contributed by atoms with Crippen LogP contribution in [0.15, 0.2) is 42.9 Å². The summed E-state index contributed by atoms with van der Waals surface area (Å²) in [4.78, 5) is 30.7. The zero-order valence-corrected chi connectivity index (χ0v) is 21.0. The fourth-order valence-electron chi connectivity index (χ4n) is 5.33. The van der Waals surface area contributed by atoms with E-state index < -0.39 is 29.0 Å². The zero-order chi connectivity index (χ0) is 27.2. The van der Waals surface area contributed by atoms with E-state index in [-0.39, 0.29) is 18.0 Å². The van der Waals surface area contributed by atoms with E-state index >= 15 is 0 Å². The first-order valence-corrected chi connectivity index (χ1v) is 12.0. The van der Waals surface area contributed by atoms with Gasteiger partial charge in [0.05, 0.1) is 36.6 Å². The number of likely N-dealkylation sites (N-methyl/N-ethyl adjacent to an activating group) is 1. The summed E-state index contributed by atoms with van der Waals surface area (Å²) < 4.78 is 60.0. The summed E-state index contributed by atoms with van der Waals surface area (Å²) in [5.41, 5.74) is -0.651. The number of rotatable bonds is 5. The van der Waals surface area contributed by atoms with Crippen LogP contribution in [0.3, 0.4) is 0 Å². The Kier molecular flexibility index (Phi) is 6.46. The van der Waals surface area contributed by atoms with Crippen LogP contribution in [0, 0.1) is 5.82 Å². The average molecular weight is 531 g/mol. The molecule has 2 aliphatic rings. The monoisotopic (exact) mass is 530 g/mol. The largest absolute Gasteiger partial charge is 0.481 e. The molecule has 0 saturated carbocycles. The Hall–Kier alpha value is -3.80. The minimum Gasteiger partial charge on any atom is -0.481 e. The number of hydrogen-bond donors (Lipinski definition) is 1. The summed E-state index contributed by atoms with van der Waals surface area (Å²) in [5.74, 6) is -0.788. The van der Waals surface area contributed by atoms with Gasteiger partial charge in [-0.05, 0) is 39.1 Å². The lowest BCUT2D eigenvalue weighted by molar-refractivity contribution is -0.140. The van der Waals surface area contributed by atoms with Gasteiger partial charge in [-0.2, -0.15) is 13.2 Å². The van der Waals surface area contributed by atoms with Crippen molar-refractivity contribution in [2.45, 2.75) is 37.5 Å². The molecular formula is C26H26F4N6O2. The van der Waals surface area contributed by atoms with Crippen LogP contribution in [0.5, 0.6) is 5.88 Å². The molecule has 1 N–H and O–H groups in total. The van der Waals surface area contributed by atoms with E-state index in [1.165, 1.54) is 25.6 Å². The van der Waals surface area contributed by atoms with E-state index in [1.807, 2.05) is 11.9 Å². The van der Waals surface area contributed by atoms with Crippen molar-refractivity contribution in [3.8, 4) is 5.88 Å². The Morgan fingerprint density at radius 2 is 1.97 bits per heavy atom. The van der Waals surface area contributed by atoms with Crippen molar-refractivity contribution >= 4 is 17.4 Å². The highest BCUT2D eigenvalue weighted by Crippen LogP contribution is 2.44. The molecule has 1 fully saturated rings. The number of aromatic nitrogens is 3. The minimum absolute atomic E-state index is 0.105. The van der Waals surface area contributed by atoms with Crippen LogP contribution in [-0.2, 0) is 22.9 Å². The number of fused-ring (bicyclic) bond motifs is 2. The van der Waals surface area contributed by atoms with Crippen molar-refractivity contribution in [3.05, 3.63) is 71.1 Å². The van der Waals surface area contributed by atoms with Gasteiger partial charge in [0.15, 0.2) is 0 Å². The predicted molar refractivity (Wildman–Crippen MR) is 131 cm³/mol. The molecule has 1 saturated heterocycles. The Bertz CT molecular complexity index is 1380. The Morgan fingerprint density at radius 3 is 2.66 bits per heavy atom. The van der Waals surface area contributed by atoms with Gasteiger partial charge in [0.2, 0.25) is 11.8 Å². The minimum atomic E-state index is -4.82. The topological polar surface area (TPSA) is 83.5 Å². The molecule has 3 aromatic rings. The van der Waals surface area contributed by atoms with E-state index in [1.54, 1.807) is 30.2 Å². The molecule has 12 heteroatoms. The fraction of sp³-hybridized carbons (Fsp3) is 0.385. The molecule has 200 valence electrons. The van der Waals surface area contributed by atoms with Gasteiger partial charge < -0.3 is 19.9 Å². The van der Waals surface area contributed by atoms with Gasteiger partial charge in [-0.1, -0.05) is 12.1 Å². The van der Waals surface area contributed by atoms with Crippen molar-refractivity contribution in [1.82, 2.24) is 19.9 Å². The number of nitrogens with zero attached hydrogens (tertiary/aromatic N) is 5. The van der Waals surface area contributed by atoms with Crippen molar-refractivity contribution in [3.63, 3.8) is 0 Å². The van der Waals surface area contributed by atoms with Crippen molar-refractivity contribution in [1.29, 1.82) is 0 Å². The second-order valence-electron chi connectivity index (χ2n) is 9.64. The number of benzene rings is 1. The number of carbonyl (C=O) groups excluding carboxylic acids is 1. The lowest BCUT2D eigenvalue weighted by Gasteiger charge is -2.40. The lowest BCUT2D eigenvalue weighted by Crippen LogP contribution is -2.53. The Morgan fingerprint density at radius 1 is 1.18 bits per heavy atom. The van der Waals surface area contributed by atoms with Gasteiger partial charge in [-0.15, -0.1) is 0 Å². The standard InChI is InChI=1S/C26H26F4N6O2/c1-15(17-5-4-6-19(21(17)27)26(28,29)30)34-23-18-12-36(16-7-9-31-20(11-16)38-3)24(37)25(8-10-35(2)13-25)22(18)32-14-33-23/h4-7,9,11,14-15H,8,10,12-13H2,1-3H3,(H,32,33,34)/t15-,25?/m1/s1. The highest BCUT2D eigenvalue weighted by atomic mass is 19.4. The number of ether oxygens (including phenoxy) is 1. The lowest BCUT2D eigenvalue weighted by atomic mass is 9.76. The highest BCUT2D eigenvalue weighted by molar-refractivity contribution is 6.03. The maximum atomic E-state index is 14.9. The van der Waals surface area contributed by atoms with Gasteiger partial charge in [-0.25, -0.2) is 19.3 Å². The van der Waals surface area contributed by atoms with E-state index in [0.717, 1.165) is 0 Å². The molecule has 0 aliphatic carbocycles. The van der Waals surface area contributed by atoms with Crippen LogP contribution in [-0.4, -0.2) is 53.0 Å². The summed E-state index contributed by atoms with van der Waals surface area (Å²) in [6.07, 6.45) is -1.41. The van der Waals surface area contributed by atoms with Gasteiger partial charge in [0.25, 0.3) is 0 Å². The molecule has 8 nitrogen and oxygen atoms in total. The van der Waals surface area contributed by atoms with Crippen LogP contribution in [0.25, 0.3) is 0 Å². The van der Waals surface area contributed by atoms with Crippen molar-refractivity contribution < 1.29 is 27.1 Å². The van der Waals surface area contributed by atoms with Crippen molar-refractivity contribution in [2.24, 2.45) is 0 Å². The molecule has 0 bridgehead atoms. The van der Waals surface area contributed by atoms with Crippen LogP contribution in [0.1, 0.15) is 41.8 Å². The number of nitrogens with one attached hydrogen (secondary N) is 1. The molecule has 1 spiro atoms. The van der Waals surface area contributed by atoms with Gasteiger partial charge in [0, 0.05) is 29.9 Å². The second-order valence-corrected chi connectivity index (χ2v) is 9.64. The van der Waals surface area contributed by atoms with Crippen LogP contribution < -0.4 is 15.0 Å². The molecule has 2 aliphatic heterocycles. The Labute approximate surface area is 216 Å². The first-order valence-electron chi connectivity index (χ1n) is 12.0. The number of methoxy groups -OCH3 is 1. The highest BCUT2D eigenvalue weighted by Gasteiger charge is 2.53. The summed E-state index contributed by atoms with van der Waals surface area (Å²) in [7, 11) is 3.41. The second kappa shape index (κ2) is 9.50. The third kappa shape index (κ3) is 4.32. The number of anilines is 2. The van der Waals surface area contributed by atoms with Crippen LogP contribution in [0.4, 0.5) is 29.1 Å². The van der Waals surface area contributed by atoms with E-state index in [2.05, 4.69) is 20.3 Å². The van der Waals surface area contributed by atoms with Crippen LogP contribution >= 0.6 is 0 Å². The first kappa shape index (κ1) is 25.8. The number of amides is 1. The molecule has 38 heavy (non-hydrogen) atoms. The van der Waals surface area contributed by atoms with Gasteiger partial charge in [-0.3, -0.25) is 4.79 Å². The third-order valence-electron chi connectivity index (χ3n) is 7.22.